The van der Waals surface area contributed by atoms with Gasteiger partial charge in [-0.25, -0.2) is 0 Å². The Bertz CT molecular complexity index is 640. The number of hydrogen-bond acceptors (Lipinski definition) is 3. The van der Waals surface area contributed by atoms with Crippen LogP contribution < -0.4 is 4.74 Å². The number of aryl methyl sites for hydroxylation is 1. The molecule has 0 heterocycles. The molecular formula is C20H22O3. The zero-order valence-corrected chi connectivity index (χ0v) is 13.6. The maximum absolute atomic E-state index is 12.2. The first-order chi connectivity index (χ1) is 11.2. The summed E-state index contributed by atoms with van der Waals surface area (Å²) in [6.07, 6.45) is 4.45. The molecule has 0 bridgehead atoms. The minimum absolute atomic E-state index is 0.0204. The predicted octanol–water partition coefficient (Wildman–Crippen LogP) is 4.17. The Morgan fingerprint density at radius 1 is 1.00 bits per heavy atom. The van der Waals surface area contributed by atoms with Crippen LogP contribution in [-0.2, 0) is 11.2 Å². The summed E-state index contributed by atoms with van der Waals surface area (Å²) in [7, 11) is 1.63. The molecule has 2 aromatic carbocycles. The molecule has 0 amide bonds. The van der Waals surface area contributed by atoms with Crippen molar-refractivity contribution in [2.75, 3.05) is 20.3 Å². The Morgan fingerprint density at radius 2 is 1.70 bits per heavy atom. The van der Waals surface area contributed by atoms with Crippen LogP contribution in [0.4, 0.5) is 0 Å². The van der Waals surface area contributed by atoms with E-state index in [0.29, 0.717) is 18.8 Å². The topological polar surface area (TPSA) is 35.5 Å². The fraction of sp³-hybridized carbons (Fsp3) is 0.250. The van der Waals surface area contributed by atoms with Gasteiger partial charge in [0, 0.05) is 12.7 Å². The third-order valence-electron chi connectivity index (χ3n) is 3.51. The summed E-state index contributed by atoms with van der Waals surface area (Å²) in [6, 6.07) is 15.3. The van der Waals surface area contributed by atoms with Crippen molar-refractivity contribution in [3.8, 4) is 5.75 Å². The van der Waals surface area contributed by atoms with E-state index in [0.717, 1.165) is 17.7 Å². The number of ketones is 1. The van der Waals surface area contributed by atoms with E-state index in [1.807, 2.05) is 18.2 Å². The number of methoxy groups -OCH3 is 1. The third kappa shape index (κ3) is 5.38. The molecule has 3 nitrogen and oxygen atoms in total. The Labute approximate surface area is 137 Å². The summed E-state index contributed by atoms with van der Waals surface area (Å²) in [4.78, 5) is 12.2. The van der Waals surface area contributed by atoms with E-state index in [4.69, 9.17) is 9.47 Å². The lowest BCUT2D eigenvalue weighted by Crippen LogP contribution is -2.04. The molecule has 0 aromatic heterocycles. The average Bonchev–Trinajstić information content (AvgIpc) is 2.61. The van der Waals surface area contributed by atoms with Crippen LogP contribution in [0.25, 0.3) is 6.08 Å². The van der Waals surface area contributed by atoms with Crippen molar-refractivity contribution in [1.29, 1.82) is 0 Å². The van der Waals surface area contributed by atoms with E-state index in [1.54, 1.807) is 37.5 Å². The standard InChI is InChI=1S/C20H22O3/c1-3-16-4-6-17(7-5-16)8-13-20(21)18-9-11-19(12-10-18)23-15-14-22-2/h4-13H,3,14-15H2,1-2H3. The number of carbonyl (C=O) groups excluding carboxylic acids is 1. The normalized spacial score (nSPS) is 10.9. The molecule has 0 aliphatic heterocycles. The van der Waals surface area contributed by atoms with Crippen LogP contribution >= 0.6 is 0 Å². The number of allylic oxidation sites excluding steroid dienone is 1. The quantitative estimate of drug-likeness (QED) is 0.417. The van der Waals surface area contributed by atoms with Gasteiger partial charge in [0.1, 0.15) is 12.4 Å². The molecule has 0 unspecified atom stereocenters. The smallest absolute Gasteiger partial charge is 0.185 e. The maximum Gasteiger partial charge on any atom is 0.185 e. The highest BCUT2D eigenvalue weighted by atomic mass is 16.5. The molecule has 2 aromatic rings. The van der Waals surface area contributed by atoms with Gasteiger partial charge in [0.2, 0.25) is 0 Å². The molecule has 0 radical (unpaired) electrons. The first kappa shape index (κ1) is 17.0. The lowest BCUT2D eigenvalue weighted by Gasteiger charge is -2.05. The number of ether oxygens (including phenoxy) is 2. The van der Waals surface area contributed by atoms with E-state index >= 15 is 0 Å². The SMILES string of the molecule is CCc1ccc(C=CC(=O)c2ccc(OCCOC)cc2)cc1. The molecule has 0 saturated carbocycles. The lowest BCUT2D eigenvalue weighted by atomic mass is 10.1. The van der Waals surface area contributed by atoms with Gasteiger partial charge in [0.05, 0.1) is 6.61 Å². The number of rotatable bonds is 8. The lowest BCUT2D eigenvalue weighted by molar-refractivity contribution is 0.104. The van der Waals surface area contributed by atoms with Crippen molar-refractivity contribution < 1.29 is 14.3 Å². The van der Waals surface area contributed by atoms with Gasteiger partial charge in [-0.15, -0.1) is 0 Å². The van der Waals surface area contributed by atoms with Crippen LogP contribution in [0.2, 0.25) is 0 Å². The molecule has 0 spiro atoms. The first-order valence-electron chi connectivity index (χ1n) is 7.76. The molecule has 3 heteroatoms. The van der Waals surface area contributed by atoms with E-state index in [2.05, 4.69) is 19.1 Å². The van der Waals surface area contributed by atoms with Crippen LogP contribution in [0.1, 0.15) is 28.4 Å². The van der Waals surface area contributed by atoms with Crippen LogP contribution in [-0.4, -0.2) is 26.1 Å². The van der Waals surface area contributed by atoms with Gasteiger partial charge in [-0.1, -0.05) is 37.3 Å². The molecule has 120 valence electrons. The largest absolute Gasteiger partial charge is 0.491 e. The molecule has 0 saturated heterocycles. The Hall–Kier alpha value is -2.39. The molecule has 0 aliphatic rings. The van der Waals surface area contributed by atoms with Gasteiger partial charge in [0.25, 0.3) is 0 Å². The van der Waals surface area contributed by atoms with E-state index < -0.39 is 0 Å². The van der Waals surface area contributed by atoms with Gasteiger partial charge in [-0.2, -0.15) is 0 Å². The molecular weight excluding hydrogens is 288 g/mol. The zero-order chi connectivity index (χ0) is 16.5. The van der Waals surface area contributed by atoms with Crippen molar-refractivity contribution in [2.24, 2.45) is 0 Å². The summed E-state index contributed by atoms with van der Waals surface area (Å²) < 4.78 is 10.4. The highest BCUT2D eigenvalue weighted by molar-refractivity contribution is 6.06. The highest BCUT2D eigenvalue weighted by Crippen LogP contribution is 2.14. The Balaban J connectivity index is 1.95. The van der Waals surface area contributed by atoms with Crippen molar-refractivity contribution in [3.63, 3.8) is 0 Å². The number of carbonyl (C=O) groups is 1. The fourth-order valence-corrected chi connectivity index (χ4v) is 2.09. The second-order valence-corrected chi connectivity index (χ2v) is 5.16. The van der Waals surface area contributed by atoms with Gasteiger partial charge < -0.3 is 9.47 Å². The van der Waals surface area contributed by atoms with Crippen LogP contribution in [0.5, 0.6) is 5.75 Å². The summed E-state index contributed by atoms with van der Waals surface area (Å²) in [5, 5.41) is 0. The minimum Gasteiger partial charge on any atom is -0.491 e. The molecule has 0 aliphatic carbocycles. The highest BCUT2D eigenvalue weighted by Gasteiger charge is 2.02. The van der Waals surface area contributed by atoms with Crippen LogP contribution in [0, 0.1) is 0 Å². The molecule has 0 atom stereocenters. The van der Waals surface area contributed by atoms with E-state index in [-0.39, 0.29) is 5.78 Å². The predicted molar refractivity (Wildman–Crippen MR) is 93.0 cm³/mol. The Morgan fingerprint density at radius 3 is 2.30 bits per heavy atom. The summed E-state index contributed by atoms with van der Waals surface area (Å²) in [5.41, 5.74) is 2.96. The first-order valence-corrected chi connectivity index (χ1v) is 7.76. The van der Waals surface area contributed by atoms with Crippen molar-refractivity contribution in [2.45, 2.75) is 13.3 Å². The maximum atomic E-state index is 12.2. The van der Waals surface area contributed by atoms with Crippen molar-refractivity contribution in [1.82, 2.24) is 0 Å². The monoisotopic (exact) mass is 310 g/mol. The second-order valence-electron chi connectivity index (χ2n) is 5.16. The van der Waals surface area contributed by atoms with Gasteiger partial charge in [-0.05, 0) is 47.9 Å². The molecule has 0 N–H and O–H groups in total. The molecule has 23 heavy (non-hydrogen) atoms. The zero-order valence-electron chi connectivity index (χ0n) is 13.6. The minimum atomic E-state index is -0.0204. The van der Waals surface area contributed by atoms with Gasteiger partial charge in [-0.3, -0.25) is 4.79 Å². The number of hydrogen-bond donors (Lipinski definition) is 0. The molecule has 0 fully saturated rings. The molecule has 2 rings (SSSR count). The summed E-state index contributed by atoms with van der Waals surface area (Å²) in [5.74, 6) is 0.714. The number of benzene rings is 2. The Kier molecular flexibility index (Phi) is 6.57. The van der Waals surface area contributed by atoms with E-state index in [9.17, 15) is 4.79 Å². The van der Waals surface area contributed by atoms with Crippen molar-refractivity contribution in [3.05, 3.63) is 71.3 Å². The second kappa shape index (κ2) is 8.91. The van der Waals surface area contributed by atoms with Gasteiger partial charge >= 0.3 is 0 Å². The van der Waals surface area contributed by atoms with Crippen LogP contribution in [0.15, 0.2) is 54.6 Å². The van der Waals surface area contributed by atoms with Gasteiger partial charge in [0.15, 0.2) is 5.78 Å². The van der Waals surface area contributed by atoms with Crippen molar-refractivity contribution >= 4 is 11.9 Å². The van der Waals surface area contributed by atoms with E-state index in [1.165, 1.54) is 5.56 Å². The third-order valence-corrected chi connectivity index (χ3v) is 3.51. The average molecular weight is 310 g/mol. The fourth-order valence-electron chi connectivity index (χ4n) is 2.09. The summed E-state index contributed by atoms with van der Waals surface area (Å²) >= 11 is 0. The van der Waals surface area contributed by atoms with Crippen LogP contribution in [0.3, 0.4) is 0 Å². The summed E-state index contributed by atoms with van der Waals surface area (Å²) in [6.45, 7) is 3.16.